The normalized spacial score (nSPS) is 10.5. The zero-order chi connectivity index (χ0) is 14.0. The van der Waals surface area contributed by atoms with Crippen molar-refractivity contribution in [2.75, 3.05) is 7.11 Å². The number of aromatic carboxylic acids is 1. The molecule has 7 heteroatoms. The predicted octanol–water partition coefficient (Wildman–Crippen LogP) is 2.10. The third-order valence-electron chi connectivity index (χ3n) is 2.75. The Labute approximate surface area is 118 Å². The van der Waals surface area contributed by atoms with E-state index in [-0.39, 0.29) is 5.69 Å². The molecule has 0 bridgehead atoms. The minimum Gasteiger partial charge on any atom is -0.496 e. The van der Waals surface area contributed by atoms with Crippen molar-refractivity contribution in [1.82, 2.24) is 15.0 Å². The molecular weight excluding hydrogens is 314 g/mol. The number of methoxy groups -OCH3 is 1. The number of carboxylic acid groups (broad SMARTS) is 1. The van der Waals surface area contributed by atoms with Crippen molar-refractivity contribution >= 4 is 21.9 Å². The number of aromatic nitrogens is 3. The number of carbonyl (C=O) groups is 1. The van der Waals surface area contributed by atoms with Gasteiger partial charge in [-0.15, -0.1) is 5.10 Å². The number of hydrogen-bond acceptors (Lipinski definition) is 4. The summed E-state index contributed by atoms with van der Waals surface area (Å²) < 4.78 is 7.72. The van der Waals surface area contributed by atoms with Crippen molar-refractivity contribution in [3.05, 3.63) is 39.6 Å². The molecule has 0 aliphatic carbocycles. The molecule has 2 rings (SSSR count). The minimum atomic E-state index is -1.08. The molecule has 0 aliphatic heterocycles. The molecule has 0 saturated carbocycles. The first-order valence-corrected chi connectivity index (χ1v) is 6.28. The maximum Gasteiger partial charge on any atom is 0.358 e. The maximum atomic E-state index is 10.9. The second-order valence-electron chi connectivity index (χ2n) is 3.94. The van der Waals surface area contributed by atoms with E-state index in [2.05, 4.69) is 26.2 Å². The van der Waals surface area contributed by atoms with E-state index in [0.717, 1.165) is 15.8 Å². The fraction of sp³-hybridized carbons (Fsp3) is 0.250. The summed E-state index contributed by atoms with van der Waals surface area (Å²) in [5, 5.41) is 16.4. The van der Waals surface area contributed by atoms with Crippen LogP contribution < -0.4 is 4.74 Å². The average molecular weight is 326 g/mol. The Morgan fingerprint density at radius 1 is 1.53 bits per heavy atom. The Kier molecular flexibility index (Phi) is 3.84. The average Bonchev–Trinajstić information content (AvgIpc) is 2.71. The molecule has 1 aromatic carbocycles. The van der Waals surface area contributed by atoms with Crippen LogP contribution in [0.2, 0.25) is 0 Å². The molecule has 1 aromatic heterocycles. The van der Waals surface area contributed by atoms with E-state index >= 15 is 0 Å². The Morgan fingerprint density at radius 3 is 2.84 bits per heavy atom. The van der Waals surface area contributed by atoms with Gasteiger partial charge in [-0.3, -0.25) is 0 Å². The summed E-state index contributed by atoms with van der Waals surface area (Å²) in [5.41, 5.74) is 1.37. The molecule has 1 N–H and O–H groups in total. The highest BCUT2D eigenvalue weighted by Crippen LogP contribution is 2.24. The van der Waals surface area contributed by atoms with Gasteiger partial charge < -0.3 is 9.84 Å². The molecule has 0 unspecified atom stereocenters. The number of nitrogens with zero attached hydrogens (tertiary/aromatic N) is 3. The lowest BCUT2D eigenvalue weighted by Crippen LogP contribution is -2.07. The number of hydrogen-bond donors (Lipinski definition) is 1. The van der Waals surface area contributed by atoms with Gasteiger partial charge in [-0.25, -0.2) is 9.48 Å². The topological polar surface area (TPSA) is 77.2 Å². The second kappa shape index (κ2) is 5.40. The van der Waals surface area contributed by atoms with Gasteiger partial charge >= 0.3 is 5.97 Å². The van der Waals surface area contributed by atoms with Crippen LogP contribution in [-0.4, -0.2) is 33.2 Å². The Bertz CT molecular complexity index is 625. The number of ether oxygens (including phenoxy) is 1. The molecule has 100 valence electrons. The van der Waals surface area contributed by atoms with E-state index in [1.807, 2.05) is 18.2 Å². The van der Waals surface area contributed by atoms with E-state index in [1.165, 1.54) is 4.68 Å². The molecule has 0 spiro atoms. The predicted molar refractivity (Wildman–Crippen MR) is 71.5 cm³/mol. The van der Waals surface area contributed by atoms with Crippen LogP contribution in [-0.2, 0) is 6.54 Å². The van der Waals surface area contributed by atoms with Gasteiger partial charge in [0.05, 0.1) is 19.3 Å². The number of carboxylic acids is 1. The summed E-state index contributed by atoms with van der Waals surface area (Å²) in [7, 11) is 1.59. The van der Waals surface area contributed by atoms with Gasteiger partial charge in [0.2, 0.25) is 0 Å². The van der Waals surface area contributed by atoms with Crippen LogP contribution in [0.15, 0.2) is 22.7 Å². The Hall–Kier alpha value is -1.89. The van der Waals surface area contributed by atoms with Crippen LogP contribution in [0.25, 0.3) is 0 Å². The molecule has 6 nitrogen and oxygen atoms in total. The summed E-state index contributed by atoms with van der Waals surface area (Å²) in [5.74, 6) is -0.361. The fourth-order valence-corrected chi connectivity index (χ4v) is 2.15. The van der Waals surface area contributed by atoms with Gasteiger partial charge in [-0.05, 0) is 25.1 Å². The number of halogens is 1. The first kappa shape index (κ1) is 13.5. The van der Waals surface area contributed by atoms with Crippen molar-refractivity contribution in [2.24, 2.45) is 0 Å². The fourth-order valence-electron chi connectivity index (χ4n) is 1.74. The van der Waals surface area contributed by atoms with E-state index in [4.69, 9.17) is 9.84 Å². The highest BCUT2D eigenvalue weighted by atomic mass is 79.9. The standard InChI is InChI=1S/C12H12BrN3O3/c1-7-11(12(17)18)14-15-16(7)6-8-5-9(13)3-4-10(8)19-2/h3-5H,6H2,1-2H3,(H,17,18). The van der Waals surface area contributed by atoms with Gasteiger partial charge in [0.25, 0.3) is 0 Å². The second-order valence-corrected chi connectivity index (χ2v) is 4.86. The smallest absolute Gasteiger partial charge is 0.358 e. The highest BCUT2D eigenvalue weighted by molar-refractivity contribution is 9.10. The van der Waals surface area contributed by atoms with Crippen LogP contribution in [0.4, 0.5) is 0 Å². The first-order chi connectivity index (χ1) is 9.02. The lowest BCUT2D eigenvalue weighted by Gasteiger charge is -2.09. The molecule has 1 heterocycles. The van der Waals surface area contributed by atoms with Gasteiger partial charge in [-0.1, -0.05) is 21.1 Å². The quantitative estimate of drug-likeness (QED) is 0.931. The number of rotatable bonds is 4. The summed E-state index contributed by atoms with van der Waals surface area (Å²) in [6, 6.07) is 5.61. The molecule has 2 aromatic rings. The minimum absolute atomic E-state index is 0.0334. The molecular formula is C12H12BrN3O3. The van der Waals surface area contributed by atoms with Gasteiger partial charge in [0.1, 0.15) is 5.75 Å². The van der Waals surface area contributed by atoms with Crippen LogP contribution in [0.5, 0.6) is 5.75 Å². The van der Waals surface area contributed by atoms with Crippen LogP contribution in [0, 0.1) is 6.92 Å². The molecule has 0 radical (unpaired) electrons. The first-order valence-electron chi connectivity index (χ1n) is 5.48. The van der Waals surface area contributed by atoms with Gasteiger partial charge in [-0.2, -0.15) is 0 Å². The zero-order valence-electron chi connectivity index (χ0n) is 10.4. The van der Waals surface area contributed by atoms with E-state index in [0.29, 0.717) is 12.2 Å². The molecule has 0 saturated heterocycles. The lowest BCUT2D eigenvalue weighted by atomic mass is 10.2. The van der Waals surface area contributed by atoms with Crippen molar-refractivity contribution < 1.29 is 14.6 Å². The molecule has 19 heavy (non-hydrogen) atoms. The summed E-state index contributed by atoms with van der Waals surface area (Å²) in [6.45, 7) is 2.07. The van der Waals surface area contributed by atoms with Crippen molar-refractivity contribution in [2.45, 2.75) is 13.5 Å². The van der Waals surface area contributed by atoms with Crippen LogP contribution in [0.1, 0.15) is 21.7 Å². The van der Waals surface area contributed by atoms with Crippen molar-refractivity contribution in [3.63, 3.8) is 0 Å². The Morgan fingerprint density at radius 2 is 2.26 bits per heavy atom. The van der Waals surface area contributed by atoms with Crippen LogP contribution >= 0.6 is 15.9 Å². The third-order valence-corrected chi connectivity index (χ3v) is 3.24. The largest absolute Gasteiger partial charge is 0.496 e. The summed E-state index contributed by atoms with van der Waals surface area (Å²) in [4.78, 5) is 10.9. The maximum absolute atomic E-state index is 10.9. The molecule has 0 amide bonds. The van der Waals surface area contributed by atoms with E-state index < -0.39 is 5.97 Å². The van der Waals surface area contributed by atoms with E-state index in [9.17, 15) is 4.79 Å². The van der Waals surface area contributed by atoms with Crippen LogP contribution in [0.3, 0.4) is 0 Å². The van der Waals surface area contributed by atoms with Crippen molar-refractivity contribution in [3.8, 4) is 5.75 Å². The SMILES string of the molecule is COc1ccc(Br)cc1Cn1nnc(C(=O)O)c1C. The van der Waals surface area contributed by atoms with Gasteiger partial charge in [0, 0.05) is 10.0 Å². The molecule has 0 atom stereocenters. The highest BCUT2D eigenvalue weighted by Gasteiger charge is 2.16. The Balaban J connectivity index is 2.36. The monoisotopic (exact) mass is 325 g/mol. The van der Waals surface area contributed by atoms with E-state index in [1.54, 1.807) is 14.0 Å². The van der Waals surface area contributed by atoms with Gasteiger partial charge in [0.15, 0.2) is 5.69 Å². The zero-order valence-corrected chi connectivity index (χ0v) is 12.0. The third kappa shape index (κ3) is 2.76. The summed E-state index contributed by atoms with van der Waals surface area (Å²) >= 11 is 3.39. The molecule has 0 fully saturated rings. The summed E-state index contributed by atoms with van der Waals surface area (Å²) in [6.07, 6.45) is 0. The lowest BCUT2D eigenvalue weighted by molar-refractivity contribution is 0.0689. The van der Waals surface area contributed by atoms with Crippen molar-refractivity contribution in [1.29, 1.82) is 0 Å². The number of benzene rings is 1. The molecule has 0 aliphatic rings.